The predicted molar refractivity (Wildman–Crippen MR) is 77.4 cm³/mol. The van der Waals surface area contributed by atoms with Crippen LogP contribution in [0.4, 0.5) is 10.1 Å². The minimum Gasteiger partial charge on any atom is -0.465 e. The minimum absolute atomic E-state index is 0.0104. The summed E-state index contributed by atoms with van der Waals surface area (Å²) in [6.07, 6.45) is 0. The number of methoxy groups -OCH3 is 1. The highest BCUT2D eigenvalue weighted by atomic mass is 19.1. The molecule has 0 aromatic heterocycles. The summed E-state index contributed by atoms with van der Waals surface area (Å²) in [4.78, 5) is 11.4. The fourth-order valence-corrected chi connectivity index (χ4v) is 1.87. The Hall–Kier alpha value is -2.40. The van der Waals surface area contributed by atoms with Gasteiger partial charge in [0.05, 0.1) is 25.0 Å². The molecule has 0 aliphatic carbocycles. The summed E-state index contributed by atoms with van der Waals surface area (Å²) in [5.74, 6) is -0.944. The Balaban J connectivity index is 2.09. The van der Waals surface area contributed by atoms with Crippen LogP contribution >= 0.6 is 0 Å². The second kappa shape index (κ2) is 6.85. The molecule has 110 valence electrons. The van der Waals surface area contributed by atoms with Gasteiger partial charge in [0, 0.05) is 6.54 Å². The van der Waals surface area contributed by atoms with E-state index in [-0.39, 0.29) is 17.9 Å². The van der Waals surface area contributed by atoms with Crippen LogP contribution in [0.1, 0.15) is 21.5 Å². The lowest BCUT2D eigenvalue weighted by molar-refractivity contribution is 0.0600. The molecule has 0 fully saturated rings. The van der Waals surface area contributed by atoms with Gasteiger partial charge in [-0.05, 0) is 29.3 Å². The Labute approximate surface area is 122 Å². The van der Waals surface area contributed by atoms with Crippen molar-refractivity contribution in [1.29, 1.82) is 0 Å². The predicted octanol–water partition coefficient (Wildman–Crippen LogP) is 2.72. The molecular weight excluding hydrogens is 273 g/mol. The second-order valence-electron chi connectivity index (χ2n) is 4.51. The van der Waals surface area contributed by atoms with E-state index in [9.17, 15) is 9.18 Å². The first-order valence-corrected chi connectivity index (χ1v) is 6.44. The average molecular weight is 289 g/mol. The fraction of sp³-hybridized carbons (Fsp3) is 0.188. The highest BCUT2D eigenvalue weighted by molar-refractivity contribution is 5.90. The van der Waals surface area contributed by atoms with Crippen LogP contribution in [0.5, 0.6) is 0 Å². The number of anilines is 1. The van der Waals surface area contributed by atoms with Gasteiger partial charge in [0.25, 0.3) is 0 Å². The molecule has 0 bridgehead atoms. The third-order valence-electron chi connectivity index (χ3n) is 3.08. The molecule has 0 saturated heterocycles. The molecule has 0 radical (unpaired) electrons. The van der Waals surface area contributed by atoms with E-state index >= 15 is 0 Å². The normalized spacial score (nSPS) is 10.2. The molecule has 2 N–H and O–H groups in total. The van der Waals surface area contributed by atoms with Crippen molar-refractivity contribution >= 4 is 11.7 Å². The van der Waals surface area contributed by atoms with Gasteiger partial charge in [-0.2, -0.15) is 0 Å². The van der Waals surface area contributed by atoms with E-state index in [2.05, 4.69) is 10.1 Å². The quantitative estimate of drug-likeness (QED) is 0.831. The maximum Gasteiger partial charge on any atom is 0.337 e. The smallest absolute Gasteiger partial charge is 0.337 e. The first-order valence-electron chi connectivity index (χ1n) is 6.44. The van der Waals surface area contributed by atoms with Crippen LogP contribution in [0.2, 0.25) is 0 Å². The van der Waals surface area contributed by atoms with Gasteiger partial charge in [0.2, 0.25) is 0 Å². The number of hydrogen-bond acceptors (Lipinski definition) is 4. The average Bonchev–Trinajstić information content (AvgIpc) is 2.53. The molecule has 2 aromatic carbocycles. The molecule has 0 aliphatic heterocycles. The van der Waals surface area contributed by atoms with Crippen molar-refractivity contribution in [2.45, 2.75) is 13.2 Å². The van der Waals surface area contributed by atoms with Crippen molar-refractivity contribution < 1.29 is 19.0 Å². The van der Waals surface area contributed by atoms with E-state index in [1.165, 1.54) is 25.3 Å². The Bertz CT molecular complexity index is 626. The molecule has 21 heavy (non-hydrogen) atoms. The third-order valence-corrected chi connectivity index (χ3v) is 3.08. The number of rotatable bonds is 5. The molecule has 0 aliphatic rings. The number of nitrogens with one attached hydrogen (secondary N) is 1. The molecular formula is C16H16FNO3. The van der Waals surface area contributed by atoms with Crippen molar-refractivity contribution in [3.8, 4) is 0 Å². The van der Waals surface area contributed by atoms with Gasteiger partial charge in [-0.25, -0.2) is 9.18 Å². The van der Waals surface area contributed by atoms with Crippen LogP contribution in [0, 0.1) is 5.82 Å². The second-order valence-corrected chi connectivity index (χ2v) is 4.51. The van der Waals surface area contributed by atoms with Gasteiger partial charge >= 0.3 is 5.97 Å². The van der Waals surface area contributed by atoms with Crippen molar-refractivity contribution in [2.24, 2.45) is 0 Å². The van der Waals surface area contributed by atoms with Gasteiger partial charge in [0.1, 0.15) is 5.82 Å². The molecule has 0 amide bonds. The highest BCUT2D eigenvalue weighted by Gasteiger charge is 2.09. The standard InChI is InChI=1S/C16H16FNO3/c1-21-16(20)13-6-7-14(17)15(8-13)18-9-11-2-4-12(10-19)5-3-11/h2-8,18-19H,9-10H2,1H3. The maximum atomic E-state index is 13.7. The van der Waals surface area contributed by atoms with Crippen LogP contribution in [0.15, 0.2) is 42.5 Å². The van der Waals surface area contributed by atoms with Gasteiger partial charge in [0.15, 0.2) is 0 Å². The minimum atomic E-state index is -0.509. The zero-order chi connectivity index (χ0) is 15.2. The number of esters is 1. The maximum absolute atomic E-state index is 13.7. The molecule has 5 heteroatoms. The van der Waals surface area contributed by atoms with Crippen LogP contribution in [-0.4, -0.2) is 18.2 Å². The first-order chi connectivity index (χ1) is 10.1. The SMILES string of the molecule is COC(=O)c1ccc(F)c(NCc2ccc(CO)cc2)c1. The van der Waals surface area contributed by atoms with E-state index in [1.807, 2.05) is 12.1 Å². The summed E-state index contributed by atoms with van der Waals surface area (Å²) >= 11 is 0. The van der Waals surface area contributed by atoms with Crippen LogP contribution in [-0.2, 0) is 17.9 Å². The summed E-state index contributed by atoms with van der Waals surface area (Å²) in [7, 11) is 1.28. The zero-order valence-electron chi connectivity index (χ0n) is 11.6. The largest absolute Gasteiger partial charge is 0.465 e. The summed E-state index contributed by atoms with van der Waals surface area (Å²) < 4.78 is 18.3. The fourth-order valence-electron chi connectivity index (χ4n) is 1.87. The van der Waals surface area contributed by atoms with E-state index in [1.54, 1.807) is 12.1 Å². The number of benzene rings is 2. The number of halogens is 1. The first kappa shape index (κ1) is 15.0. The summed E-state index contributed by atoms with van der Waals surface area (Å²) in [6, 6.07) is 11.3. The Morgan fingerprint density at radius 3 is 2.48 bits per heavy atom. The molecule has 0 spiro atoms. The molecule has 0 heterocycles. The van der Waals surface area contributed by atoms with Gasteiger partial charge in [-0.3, -0.25) is 0 Å². The molecule has 0 saturated carbocycles. The summed E-state index contributed by atoms with van der Waals surface area (Å²) in [5, 5.41) is 11.9. The van der Waals surface area contributed by atoms with Crippen molar-refractivity contribution in [3.05, 3.63) is 65.0 Å². The molecule has 0 unspecified atom stereocenters. The Kier molecular flexibility index (Phi) is 4.90. The number of carbonyl (C=O) groups is 1. The lowest BCUT2D eigenvalue weighted by Gasteiger charge is -2.09. The van der Waals surface area contributed by atoms with Crippen LogP contribution < -0.4 is 5.32 Å². The van der Waals surface area contributed by atoms with Gasteiger partial charge in [-0.15, -0.1) is 0 Å². The number of aliphatic hydroxyl groups is 1. The lowest BCUT2D eigenvalue weighted by Crippen LogP contribution is -2.06. The van der Waals surface area contributed by atoms with Crippen molar-refractivity contribution in [2.75, 3.05) is 12.4 Å². The molecule has 0 atom stereocenters. The van der Waals surface area contributed by atoms with E-state index in [0.717, 1.165) is 11.1 Å². The zero-order valence-corrected chi connectivity index (χ0v) is 11.6. The Morgan fingerprint density at radius 2 is 1.86 bits per heavy atom. The number of aliphatic hydroxyl groups excluding tert-OH is 1. The topological polar surface area (TPSA) is 58.6 Å². The number of ether oxygens (including phenoxy) is 1. The number of hydrogen-bond donors (Lipinski definition) is 2. The van der Waals surface area contributed by atoms with Crippen molar-refractivity contribution in [3.63, 3.8) is 0 Å². The molecule has 2 rings (SSSR count). The molecule has 2 aromatic rings. The van der Waals surface area contributed by atoms with Gasteiger partial charge < -0.3 is 15.2 Å². The van der Waals surface area contributed by atoms with E-state index in [4.69, 9.17) is 5.11 Å². The van der Waals surface area contributed by atoms with Crippen LogP contribution in [0.3, 0.4) is 0 Å². The highest BCUT2D eigenvalue weighted by Crippen LogP contribution is 2.18. The summed E-state index contributed by atoms with van der Waals surface area (Å²) in [6.45, 7) is 0.400. The Morgan fingerprint density at radius 1 is 1.19 bits per heavy atom. The monoisotopic (exact) mass is 289 g/mol. The number of carbonyl (C=O) groups excluding carboxylic acids is 1. The lowest BCUT2D eigenvalue weighted by atomic mass is 10.1. The van der Waals surface area contributed by atoms with Crippen molar-refractivity contribution in [1.82, 2.24) is 0 Å². The third kappa shape index (κ3) is 3.79. The summed E-state index contributed by atoms with van der Waals surface area (Å²) in [5.41, 5.74) is 2.29. The molecule has 4 nitrogen and oxygen atoms in total. The van der Waals surface area contributed by atoms with Crippen LogP contribution in [0.25, 0.3) is 0 Å². The van der Waals surface area contributed by atoms with E-state index in [0.29, 0.717) is 6.54 Å². The van der Waals surface area contributed by atoms with Gasteiger partial charge in [-0.1, -0.05) is 24.3 Å². The van der Waals surface area contributed by atoms with E-state index < -0.39 is 11.8 Å².